The van der Waals surface area contributed by atoms with Gasteiger partial charge in [-0.05, 0) is 31.2 Å². The number of nitrogens with zero attached hydrogens (tertiary/aromatic N) is 4. The van der Waals surface area contributed by atoms with E-state index in [0.717, 1.165) is 28.0 Å². The van der Waals surface area contributed by atoms with Crippen molar-refractivity contribution in [2.24, 2.45) is 5.41 Å². The molecule has 37 heavy (non-hydrogen) atoms. The van der Waals surface area contributed by atoms with Gasteiger partial charge in [0.1, 0.15) is 22.7 Å². The van der Waals surface area contributed by atoms with Gasteiger partial charge in [0, 0.05) is 19.3 Å². The summed E-state index contributed by atoms with van der Waals surface area (Å²) in [6.07, 6.45) is -4.75. The highest BCUT2D eigenvalue weighted by Gasteiger charge is 2.49. The van der Waals surface area contributed by atoms with Crippen LogP contribution in [-0.2, 0) is 15.7 Å². The van der Waals surface area contributed by atoms with Crippen LogP contribution in [0.15, 0.2) is 24.3 Å². The summed E-state index contributed by atoms with van der Waals surface area (Å²) in [6, 6.07) is 1.04. The Morgan fingerprint density at radius 1 is 1.30 bits per heavy atom. The molecular formula is C23H22ClF5N4O4. The summed E-state index contributed by atoms with van der Waals surface area (Å²) in [5, 5.41) is 8.95. The van der Waals surface area contributed by atoms with Gasteiger partial charge in [-0.25, -0.2) is 18.6 Å². The van der Waals surface area contributed by atoms with Gasteiger partial charge in [-0.1, -0.05) is 11.6 Å². The zero-order valence-corrected chi connectivity index (χ0v) is 20.4. The van der Waals surface area contributed by atoms with Crippen LogP contribution in [0, 0.1) is 24.0 Å². The first-order valence-corrected chi connectivity index (χ1v) is 11.4. The highest BCUT2D eigenvalue weighted by molar-refractivity contribution is 6.31. The third kappa shape index (κ3) is 4.94. The number of rotatable bonds is 6. The number of benzene rings is 1. The number of aryl methyl sites for hydroxylation is 1. The van der Waals surface area contributed by atoms with Crippen LogP contribution >= 0.6 is 11.6 Å². The average molecular weight is 549 g/mol. The van der Waals surface area contributed by atoms with Crippen molar-refractivity contribution in [3.8, 4) is 0 Å². The maximum atomic E-state index is 14.7. The second-order valence-corrected chi connectivity index (χ2v) is 9.52. The number of aliphatic hydroxyl groups excluding tert-OH is 1. The number of halogens is 6. The molecule has 1 atom stereocenters. The SMILES string of the molecule is Cc1cc(C(F)(F)F)cc(N2C(=O)N(CC3(CO)COC3)C[C@H]2C(=O)N(C)c2ccc(F)c(Cl)c2F)n1. The highest BCUT2D eigenvalue weighted by Crippen LogP contribution is 2.36. The van der Waals surface area contributed by atoms with E-state index >= 15 is 0 Å². The highest BCUT2D eigenvalue weighted by atomic mass is 35.5. The molecule has 200 valence electrons. The molecule has 2 aliphatic rings. The van der Waals surface area contributed by atoms with E-state index in [1.807, 2.05) is 0 Å². The lowest BCUT2D eigenvalue weighted by molar-refractivity contribution is -0.143. The summed E-state index contributed by atoms with van der Waals surface area (Å²) in [5.74, 6) is -3.57. The summed E-state index contributed by atoms with van der Waals surface area (Å²) in [5.41, 5.74) is -2.31. The number of aromatic nitrogens is 1. The lowest BCUT2D eigenvalue weighted by Gasteiger charge is -2.42. The molecule has 4 rings (SSSR count). The number of ether oxygens (including phenoxy) is 1. The smallest absolute Gasteiger partial charge is 0.396 e. The Morgan fingerprint density at radius 2 is 1.97 bits per heavy atom. The Morgan fingerprint density at radius 3 is 2.54 bits per heavy atom. The summed E-state index contributed by atoms with van der Waals surface area (Å²) in [4.78, 5) is 33.9. The molecule has 3 amide bonds. The molecule has 2 aromatic rings. The Labute approximate surface area is 213 Å². The van der Waals surface area contributed by atoms with Crippen molar-refractivity contribution in [3.63, 3.8) is 0 Å². The van der Waals surface area contributed by atoms with Crippen LogP contribution in [-0.4, -0.2) is 72.9 Å². The number of urea groups is 1. The molecule has 0 aliphatic carbocycles. The van der Waals surface area contributed by atoms with Gasteiger partial charge >= 0.3 is 12.2 Å². The summed E-state index contributed by atoms with van der Waals surface area (Å²) >= 11 is 5.64. The predicted octanol–water partition coefficient (Wildman–Crippen LogP) is 3.62. The molecule has 8 nitrogen and oxygen atoms in total. The summed E-state index contributed by atoms with van der Waals surface area (Å²) in [7, 11) is 1.17. The van der Waals surface area contributed by atoms with Gasteiger partial charge in [-0.15, -0.1) is 0 Å². The van der Waals surface area contributed by atoms with E-state index in [4.69, 9.17) is 16.3 Å². The standard InChI is InChI=1S/C23H22ClF5N4O4/c1-12-5-13(23(27,28)29)6-17(30-12)33-16(7-32(21(33)36)8-22(9-34)10-37-11-22)20(35)31(2)15-4-3-14(25)18(24)19(15)26/h3-6,16,34H,7-11H2,1-2H3/t16-/m0/s1. The van der Waals surface area contributed by atoms with Crippen molar-refractivity contribution in [1.29, 1.82) is 0 Å². The molecule has 0 radical (unpaired) electrons. The largest absolute Gasteiger partial charge is 0.416 e. The van der Waals surface area contributed by atoms with Crippen LogP contribution in [0.5, 0.6) is 0 Å². The number of carbonyl (C=O) groups is 2. The van der Waals surface area contributed by atoms with Crippen molar-refractivity contribution in [3.05, 3.63) is 52.2 Å². The van der Waals surface area contributed by atoms with Crippen molar-refractivity contribution in [2.75, 3.05) is 49.8 Å². The maximum absolute atomic E-state index is 14.7. The second kappa shape index (κ2) is 9.69. The van der Waals surface area contributed by atoms with E-state index in [-0.39, 0.29) is 38.6 Å². The van der Waals surface area contributed by atoms with Gasteiger partial charge in [0.25, 0.3) is 5.91 Å². The molecule has 0 spiro atoms. The maximum Gasteiger partial charge on any atom is 0.416 e. The molecular weight excluding hydrogens is 527 g/mol. The molecule has 1 aromatic heterocycles. The fourth-order valence-electron chi connectivity index (χ4n) is 4.32. The van der Waals surface area contributed by atoms with Gasteiger partial charge in [0.05, 0.1) is 43.0 Å². The average Bonchev–Trinajstić information content (AvgIpc) is 3.13. The van der Waals surface area contributed by atoms with Gasteiger partial charge in [-0.2, -0.15) is 13.2 Å². The normalized spacial score (nSPS) is 19.3. The number of carbonyl (C=O) groups excluding carboxylic acids is 2. The molecule has 1 N–H and O–H groups in total. The Balaban J connectivity index is 1.75. The third-order valence-electron chi connectivity index (χ3n) is 6.37. The molecule has 2 saturated heterocycles. The van der Waals surface area contributed by atoms with Crippen molar-refractivity contribution >= 4 is 35.0 Å². The lowest BCUT2D eigenvalue weighted by atomic mass is 9.86. The lowest BCUT2D eigenvalue weighted by Crippen LogP contribution is -2.54. The van der Waals surface area contributed by atoms with Crippen LogP contribution in [0.3, 0.4) is 0 Å². The van der Waals surface area contributed by atoms with E-state index in [2.05, 4.69) is 4.98 Å². The quantitative estimate of drug-likeness (QED) is 0.440. The molecule has 3 heterocycles. The first-order chi connectivity index (χ1) is 17.3. The minimum atomic E-state index is -4.75. The van der Waals surface area contributed by atoms with Crippen LogP contribution < -0.4 is 9.80 Å². The van der Waals surface area contributed by atoms with Gasteiger partial charge in [0.2, 0.25) is 0 Å². The number of likely N-dealkylation sites (N-methyl/N-ethyl adjacent to an activating group) is 1. The van der Waals surface area contributed by atoms with Crippen LogP contribution in [0.4, 0.5) is 38.3 Å². The molecule has 0 unspecified atom stereocenters. The van der Waals surface area contributed by atoms with E-state index in [9.17, 15) is 36.6 Å². The van der Waals surface area contributed by atoms with Crippen molar-refractivity contribution in [2.45, 2.75) is 19.1 Å². The van der Waals surface area contributed by atoms with E-state index in [0.29, 0.717) is 6.07 Å². The summed E-state index contributed by atoms with van der Waals surface area (Å²) in [6.45, 7) is 0.939. The third-order valence-corrected chi connectivity index (χ3v) is 6.71. The predicted molar refractivity (Wildman–Crippen MR) is 122 cm³/mol. The van der Waals surface area contributed by atoms with Crippen molar-refractivity contribution in [1.82, 2.24) is 9.88 Å². The zero-order valence-electron chi connectivity index (χ0n) is 19.7. The molecule has 0 bridgehead atoms. The van der Waals surface area contributed by atoms with E-state index in [1.165, 1.54) is 18.9 Å². The van der Waals surface area contributed by atoms with Crippen LogP contribution in [0.2, 0.25) is 5.02 Å². The monoisotopic (exact) mass is 548 g/mol. The van der Waals surface area contributed by atoms with Crippen LogP contribution in [0.1, 0.15) is 11.3 Å². The molecule has 2 fully saturated rings. The molecule has 1 aromatic carbocycles. The fourth-order valence-corrected chi connectivity index (χ4v) is 4.48. The summed E-state index contributed by atoms with van der Waals surface area (Å²) < 4.78 is 74.0. The fraction of sp³-hybridized carbons (Fsp3) is 0.435. The number of pyridine rings is 1. The Bertz CT molecular complexity index is 1230. The number of amides is 3. The van der Waals surface area contributed by atoms with E-state index in [1.54, 1.807) is 0 Å². The number of hydrogen-bond donors (Lipinski definition) is 1. The zero-order chi connectivity index (χ0) is 27.3. The topological polar surface area (TPSA) is 86.2 Å². The number of anilines is 2. The number of alkyl halides is 3. The van der Waals surface area contributed by atoms with Crippen molar-refractivity contribution < 1.29 is 41.4 Å². The van der Waals surface area contributed by atoms with Gasteiger partial charge in [0.15, 0.2) is 5.82 Å². The van der Waals surface area contributed by atoms with Gasteiger partial charge < -0.3 is 19.6 Å². The minimum Gasteiger partial charge on any atom is -0.396 e. The molecule has 0 saturated carbocycles. The number of hydrogen-bond acceptors (Lipinski definition) is 5. The molecule has 14 heteroatoms. The van der Waals surface area contributed by atoms with E-state index < -0.39 is 63.3 Å². The first kappa shape index (κ1) is 27.0. The van der Waals surface area contributed by atoms with Crippen LogP contribution in [0.25, 0.3) is 0 Å². The molecule has 2 aliphatic heterocycles. The Hall–Kier alpha value is -3.03. The number of aliphatic hydroxyl groups is 1. The second-order valence-electron chi connectivity index (χ2n) is 9.14. The first-order valence-electron chi connectivity index (χ1n) is 11.0. The Kier molecular flexibility index (Phi) is 7.08. The van der Waals surface area contributed by atoms with Gasteiger partial charge in [-0.3, -0.25) is 9.69 Å². The minimum absolute atomic E-state index is 0.0407.